The zero-order chi connectivity index (χ0) is 27.5. The van der Waals surface area contributed by atoms with Gasteiger partial charge >= 0.3 is 0 Å². The lowest BCUT2D eigenvalue weighted by atomic mass is 10.1. The van der Waals surface area contributed by atoms with E-state index in [1.807, 2.05) is 69.6 Å². The first kappa shape index (κ1) is 32.7. The van der Waals surface area contributed by atoms with E-state index in [-0.39, 0.29) is 18.1 Å². The number of aldehydes is 1. The van der Waals surface area contributed by atoms with Gasteiger partial charge in [-0.05, 0) is 41.6 Å². The molecule has 0 aliphatic rings. The van der Waals surface area contributed by atoms with Gasteiger partial charge in [0.05, 0.1) is 12.9 Å². The molecule has 0 saturated carbocycles. The fourth-order valence-corrected chi connectivity index (χ4v) is 3.22. The molecule has 4 rings (SSSR count). The van der Waals surface area contributed by atoms with Crippen molar-refractivity contribution >= 4 is 17.6 Å². The molecule has 0 radical (unpaired) electrons. The maximum absolute atomic E-state index is 13.2. The predicted octanol–water partition coefficient (Wildman–Crippen LogP) is 6.93. The van der Waals surface area contributed by atoms with Crippen LogP contribution in [0.1, 0.15) is 52.3 Å². The van der Waals surface area contributed by atoms with Gasteiger partial charge in [0, 0.05) is 17.5 Å². The highest BCUT2D eigenvalue weighted by molar-refractivity contribution is 7.08. The Balaban J connectivity index is 0.00000108. The van der Waals surface area contributed by atoms with E-state index in [4.69, 9.17) is 9.21 Å². The Labute approximate surface area is 214 Å². The largest absolute Gasteiger partial charge is 0.415 e. The quantitative estimate of drug-likeness (QED) is 0.274. The number of alkyl halides is 3. The monoisotopic (exact) mass is 525 g/mol. The Bertz CT molecular complexity index is 1100. The van der Waals surface area contributed by atoms with Crippen molar-refractivity contribution in [2.24, 2.45) is 5.73 Å². The lowest BCUT2D eigenvalue weighted by Crippen LogP contribution is -2.01. The van der Waals surface area contributed by atoms with Crippen LogP contribution in [-0.4, -0.2) is 40.0 Å². The summed E-state index contributed by atoms with van der Waals surface area (Å²) in [5.74, 6) is 0.488. The van der Waals surface area contributed by atoms with E-state index in [2.05, 4.69) is 21.0 Å². The summed E-state index contributed by atoms with van der Waals surface area (Å²) >= 11 is 1.51. The van der Waals surface area contributed by atoms with Crippen molar-refractivity contribution in [3.8, 4) is 28.7 Å². The minimum absolute atomic E-state index is 0.139. The number of benzene rings is 1. The Kier molecular flexibility index (Phi) is 17.2. The third-order valence-corrected chi connectivity index (χ3v) is 4.71. The number of rotatable bonds is 6. The maximum Gasteiger partial charge on any atom is 0.282 e. The second-order valence-corrected chi connectivity index (χ2v) is 6.80. The Morgan fingerprint density at radius 1 is 1.08 bits per heavy atom. The van der Waals surface area contributed by atoms with Crippen LogP contribution in [0.2, 0.25) is 0 Å². The summed E-state index contributed by atoms with van der Waals surface area (Å²) in [5, 5.41) is 15.9. The van der Waals surface area contributed by atoms with Gasteiger partial charge in [-0.1, -0.05) is 46.8 Å². The van der Waals surface area contributed by atoms with E-state index in [0.717, 1.165) is 17.5 Å². The Morgan fingerprint density at radius 3 is 2.25 bits per heavy atom. The van der Waals surface area contributed by atoms with Crippen molar-refractivity contribution in [2.45, 2.75) is 47.5 Å². The SMILES string of the molecule is CC.CC.CCc1cccc(-n2nc(C(F)F)cc2-c2nnc(-c3ccsc3)o2)c1.CF.NCC=O. The molecule has 0 fully saturated rings. The number of nitrogens with two attached hydrogens (primary N) is 1. The summed E-state index contributed by atoms with van der Waals surface area (Å²) < 4.78 is 43.1. The normalized spacial score (nSPS) is 9.42. The van der Waals surface area contributed by atoms with Crippen molar-refractivity contribution in [1.29, 1.82) is 0 Å². The second kappa shape index (κ2) is 18.9. The number of aryl methyl sites for hydroxylation is 1. The number of nitrogens with zero attached hydrogens (tertiary/aromatic N) is 4. The van der Waals surface area contributed by atoms with Gasteiger partial charge in [-0.25, -0.2) is 13.5 Å². The first-order valence-electron chi connectivity index (χ1n) is 11.4. The highest BCUT2D eigenvalue weighted by Gasteiger charge is 2.22. The summed E-state index contributed by atoms with van der Waals surface area (Å²) in [5.41, 5.74) is 7.20. The molecule has 0 aliphatic carbocycles. The number of hydrogen-bond donors (Lipinski definition) is 1. The topological polar surface area (TPSA) is 99.8 Å². The average molecular weight is 526 g/mol. The summed E-state index contributed by atoms with van der Waals surface area (Å²) in [4.78, 5) is 9.05. The van der Waals surface area contributed by atoms with E-state index >= 15 is 0 Å². The number of carbonyl (C=O) groups is 1. The molecule has 0 bridgehead atoms. The highest BCUT2D eigenvalue weighted by atomic mass is 32.1. The molecule has 3 heterocycles. The van der Waals surface area contributed by atoms with Crippen molar-refractivity contribution < 1.29 is 22.4 Å². The molecule has 2 N–H and O–H groups in total. The number of carbonyl (C=O) groups excluding carboxylic acids is 1. The van der Waals surface area contributed by atoms with E-state index in [9.17, 15) is 13.2 Å². The van der Waals surface area contributed by atoms with Crippen LogP contribution in [0.4, 0.5) is 13.2 Å². The first-order valence-corrected chi connectivity index (χ1v) is 12.4. The van der Waals surface area contributed by atoms with Crippen LogP contribution in [0.3, 0.4) is 0 Å². The summed E-state index contributed by atoms with van der Waals surface area (Å²) in [6, 6.07) is 10.7. The number of aromatic nitrogens is 4. The summed E-state index contributed by atoms with van der Waals surface area (Å²) in [6.45, 7) is 10.2. The van der Waals surface area contributed by atoms with E-state index in [1.54, 1.807) is 6.07 Å². The van der Waals surface area contributed by atoms with Crippen molar-refractivity contribution in [3.05, 3.63) is 58.4 Å². The summed E-state index contributed by atoms with van der Waals surface area (Å²) in [7, 11) is 0.500. The average Bonchev–Trinajstić information content (AvgIpc) is 3.72. The zero-order valence-electron chi connectivity index (χ0n) is 21.4. The molecule has 0 saturated heterocycles. The molecule has 36 heavy (non-hydrogen) atoms. The molecule has 0 aliphatic heterocycles. The van der Waals surface area contributed by atoms with Crippen LogP contribution in [0.5, 0.6) is 0 Å². The third kappa shape index (κ3) is 9.38. The third-order valence-electron chi connectivity index (χ3n) is 4.02. The van der Waals surface area contributed by atoms with Crippen molar-refractivity contribution in [2.75, 3.05) is 13.7 Å². The molecule has 0 spiro atoms. The Morgan fingerprint density at radius 2 is 1.72 bits per heavy atom. The molecule has 1 aromatic carbocycles. The van der Waals surface area contributed by atoms with Gasteiger partial charge in [-0.3, -0.25) is 4.39 Å². The molecule has 0 amide bonds. The maximum atomic E-state index is 13.2. The second-order valence-electron chi connectivity index (χ2n) is 6.02. The zero-order valence-corrected chi connectivity index (χ0v) is 22.2. The standard InChI is InChI=1S/C18H14F2N4OS.C2H5NO.2C2H6.CH3F/c1-2-11-4-3-5-13(8-11)24-15(9-14(23-24)16(19)20)18-22-21-17(25-18)12-6-7-26-10-12;3-1-2-4;3*1-2/h3-10,16H,2H2,1H3;2H,1,3H2;2*1-2H3;1H3. The molecule has 3 aromatic heterocycles. The van der Waals surface area contributed by atoms with Crippen molar-refractivity contribution in [1.82, 2.24) is 20.0 Å². The minimum Gasteiger partial charge on any atom is -0.415 e. The van der Waals surface area contributed by atoms with Crippen LogP contribution < -0.4 is 5.73 Å². The summed E-state index contributed by atoms with van der Waals surface area (Å²) in [6.07, 6.45) is -1.21. The molecule has 0 unspecified atom stereocenters. The molecule has 198 valence electrons. The van der Waals surface area contributed by atoms with Crippen LogP contribution in [0.25, 0.3) is 28.7 Å². The number of halogens is 3. The fourth-order valence-electron chi connectivity index (χ4n) is 2.59. The first-order chi connectivity index (χ1) is 17.6. The van der Waals surface area contributed by atoms with Gasteiger partial charge in [0.1, 0.15) is 17.7 Å². The van der Waals surface area contributed by atoms with Gasteiger partial charge in [0.2, 0.25) is 5.89 Å². The van der Waals surface area contributed by atoms with Crippen LogP contribution in [0.15, 0.2) is 51.6 Å². The van der Waals surface area contributed by atoms with E-state index < -0.39 is 6.43 Å². The minimum atomic E-state index is -2.69. The van der Waals surface area contributed by atoms with Gasteiger partial charge in [-0.15, -0.1) is 10.2 Å². The predicted molar refractivity (Wildman–Crippen MR) is 139 cm³/mol. The van der Waals surface area contributed by atoms with Crippen LogP contribution in [-0.2, 0) is 11.2 Å². The van der Waals surface area contributed by atoms with Gasteiger partial charge in [0.25, 0.3) is 12.3 Å². The smallest absolute Gasteiger partial charge is 0.282 e. The molecule has 11 heteroatoms. The molecule has 0 atom stereocenters. The molecule has 7 nitrogen and oxygen atoms in total. The highest BCUT2D eigenvalue weighted by Crippen LogP contribution is 2.30. The lowest BCUT2D eigenvalue weighted by molar-refractivity contribution is -0.106. The fraction of sp³-hybridized carbons (Fsp3) is 0.360. The molecule has 4 aromatic rings. The molecular formula is C25H34F3N5O2S. The van der Waals surface area contributed by atoms with E-state index in [1.165, 1.54) is 22.1 Å². The van der Waals surface area contributed by atoms with E-state index in [0.29, 0.717) is 30.7 Å². The molecular weight excluding hydrogens is 491 g/mol. The van der Waals surface area contributed by atoms with Crippen LogP contribution in [0, 0.1) is 0 Å². The van der Waals surface area contributed by atoms with Crippen LogP contribution >= 0.6 is 11.3 Å². The lowest BCUT2D eigenvalue weighted by Gasteiger charge is -2.06. The van der Waals surface area contributed by atoms with Gasteiger partial charge in [-0.2, -0.15) is 16.4 Å². The Hall–Kier alpha value is -3.31. The van der Waals surface area contributed by atoms with Gasteiger partial charge < -0.3 is 14.9 Å². The number of thiophene rings is 1. The van der Waals surface area contributed by atoms with Crippen molar-refractivity contribution in [3.63, 3.8) is 0 Å². The number of hydrogen-bond acceptors (Lipinski definition) is 7. The van der Waals surface area contributed by atoms with Gasteiger partial charge in [0.15, 0.2) is 0 Å².